The van der Waals surface area contributed by atoms with E-state index >= 15 is 0 Å². The summed E-state index contributed by atoms with van der Waals surface area (Å²) in [6, 6.07) is 7.91. The normalized spacial score (nSPS) is 19.8. The average Bonchev–Trinajstić information content (AvgIpc) is 2.68. The van der Waals surface area contributed by atoms with Gasteiger partial charge in [0.25, 0.3) is 5.56 Å². The Hall–Kier alpha value is -3.09. The molecule has 0 fully saturated rings. The molecule has 7 heteroatoms. The van der Waals surface area contributed by atoms with Gasteiger partial charge in [-0.25, -0.2) is 4.79 Å². The van der Waals surface area contributed by atoms with Gasteiger partial charge < -0.3 is 10.2 Å². The summed E-state index contributed by atoms with van der Waals surface area (Å²) in [5.74, 6) is 0.0348. The average molecular weight is 409 g/mol. The highest BCUT2D eigenvalue weighted by Gasteiger charge is 2.42. The van der Waals surface area contributed by atoms with Crippen molar-refractivity contribution in [1.82, 2.24) is 9.13 Å². The molecule has 158 valence electrons. The number of fused-ring (bicyclic) bond motifs is 1. The fraction of sp³-hybridized carbons (Fsp3) is 0.435. The van der Waals surface area contributed by atoms with Crippen molar-refractivity contribution < 1.29 is 4.79 Å². The lowest BCUT2D eigenvalue weighted by molar-refractivity contribution is -0.118. The molecule has 1 aliphatic carbocycles. The number of benzene rings is 1. The van der Waals surface area contributed by atoms with Gasteiger partial charge in [-0.1, -0.05) is 26.0 Å². The van der Waals surface area contributed by atoms with Gasteiger partial charge in [0.05, 0.1) is 5.56 Å². The minimum Gasteiger partial charge on any atom is -0.378 e. The van der Waals surface area contributed by atoms with Crippen molar-refractivity contribution in [2.24, 2.45) is 19.5 Å². The second-order valence-corrected chi connectivity index (χ2v) is 9.35. The van der Waals surface area contributed by atoms with Crippen molar-refractivity contribution in [2.45, 2.75) is 32.6 Å². The van der Waals surface area contributed by atoms with Crippen molar-refractivity contribution in [3.8, 4) is 0 Å². The summed E-state index contributed by atoms with van der Waals surface area (Å²) in [4.78, 5) is 41.1. The Kier molecular flexibility index (Phi) is 4.52. The second kappa shape index (κ2) is 6.72. The molecule has 2 aliphatic rings. The Labute approximate surface area is 175 Å². The molecule has 4 rings (SSSR count). The fourth-order valence-electron chi connectivity index (χ4n) is 4.65. The van der Waals surface area contributed by atoms with Crippen LogP contribution in [0.3, 0.4) is 0 Å². The van der Waals surface area contributed by atoms with Gasteiger partial charge in [0.15, 0.2) is 5.78 Å². The van der Waals surface area contributed by atoms with E-state index in [9.17, 15) is 14.4 Å². The van der Waals surface area contributed by atoms with Crippen molar-refractivity contribution in [3.05, 3.63) is 67.5 Å². The number of rotatable bonds is 2. The molecule has 30 heavy (non-hydrogen) atoms. The summed E-state index contributed by atoms with van der Waals surface area (Å²) in [6.45, 7) is 4.13. The molecule has 1 aliphatic heterocycles. The summed E-state index contributed by atoms with van der Waals surface area (Å²) in [5, 5.41) is 3.29. The van der Waals surface area contributed by atoms with E-state index in [1.165, 1.54) is 11.6 Å². The maximum Gasteiger partial charge on any atom is 0.332 e. The Morgan fingerprint density at radius 3 is 2.23 bits per heavy atom. The molecule has 0 amide bonds. The molecule has 0 saturated carbocycles. The highest BCUT2D eigenvalue weighted by molar-refractivity contribution is 6.01. The number of ketones is 1. The first-order valence-corrected chi connectivity index (χ1v) is 10.1. The van der Waals surface area contributed by atoms with Gasteiger partial charge >= 0.3 is 5.69 Å². The molecule has 0 bridgehead atoms. The van der Waals surface area contributed by atoms with Gasteiger partial charge in [-0.05, 0) is 29.5 Å². The summed E-state index contributed by atoms with van der Waals surface area (Å²) in [7, 11) is 7.06. The molecule has 2 aromatic rings. The molecule has 1 aromatic carbocycles. The molecule has 1 N–H and O–H groups in total. The highest BCUT2D eigenvalue weighted by Crippen LogP contribution is 2.47. The van der Waals surface area contributed by atoms with Crippen LogP contribution in [0.1, 0.15) is 43.7 Å². The number of Topliss-reactive ketones (excluding diaryl/α,β-unsaturated/α-hetero) is 1. The van der Waals surface area contributed by atoms with Crippen LogP contribution >= 0.6 is 0 Å². The third-order valence-electron chi connectivity index (χ3n) is 6.21. The lowest BCUT2D eigenvalue weighted by Crippen LogP contribution is -2.45. The van der Waals surface area contributed by atoms with E-state index in [0.29, 0.717) is 29.8 Å². The summed E-state index contributed by atoms with van der Waals surface area (Å²) >= 11 is 0. The second-order valence-electron chi connectivity index (χ2n) is 9.35. The minimum atomic E-state index is -0.499. The lowest BCUT2D eigenvalue weighted by Gasteiger charge is -2.39. The largest absolute Gasteiger partial charge is 0.378 e. The molecule has 1 aromatic heterocycles. The van der Waals surface area contributed by atoms with Crippen molar-refractivity contribution in [2.75, 3.05) is 24.3 Å². The molecular weight excluding hydrogens is 380 g/mol. The molecule has 1 atom stereocenters. The van der Waals surface area contributed by atoms with Crippen LogP contribution in [0.2, 0.25) is 0 Å². The Bertz CT molecular complexity index is 1200. The number of anilines is 2. The van der Waals surface area contributed by atoms with Crippen LogP contribution in [-0.4, -0.2) is 29.0 Å². The maximum absolute atomic E-state index is 13.3. The predicted octanol–water partition coefficient (Wildman–Crippen LogP) is 2.35. The van der Waals surface area contributed by atoms with E-state index in [1.54, 1.807) is 7.05 Å². The van der Waals surface area contributed by atoms with Gasteiger partial charge in [-0.15, -0.1) is 0 Å². The molecule has 0 unspecified atom stereocenters. The molecule has 0 radical (unpaired) electrons. The van der Waals surface area contributed by atoms with Gasteiger partial charge in [-0.3, -0.25) is 18.7 Å². The van der Waals surface area contributed by atoms with Crippen LogP contribution in [0.15, 0.2) is 45.1 Å². The highest BCUT2D eigenvalue weighted by atomic mass is 16.2. The van der Waals surface area contributed by atoms with Gasteiger partial charge in [0, 0.05) is 57.5 Å². The quantitative estimate of drug-likeness (QED) is 0.826. The molecule has 0 saturated heterocycles. The standard InChI is InChI=1S/C23H28N4O3/c1-23(2)11-15-18(16(28)12-23)17(13-7-9-14(10-8-13)25(3)4)19-20(24-15)26(5)22(30)27(6)21(19)29/h7-10,17,24H,11-12H2,1-6H3/t17-/m1/s1. The fourth-order valence-corrected chi connectivity index (χ4v) is 4.65. The number of hydrogen-bond acceptors (Lipinski definition) is 5. The Balaban J connectivity index is 2.02. The number of nitrogens with zero attached hydrogens (tertiary/aromatic N) is 3. The third-order valence-corrected chi connectivity index (χ3v) is 6.21. The van der Waals surface area contributed by atoms with Crippen LogP contribution in [-0.2, 0) is 18.9 Å². The topological polar surface area (TPSA) is 76.3 Å². The maximum atomic E-state index is 13.3. The van der Waals surface area contributed by atoms with Gasteiger partial charge in [-0.2, -0.15) is 0 Å². The summed E-state index contributed by atoms with van der Waals surface area (Å²) < 4.78 is 2.58. The number of carbonyl (C=O) groups is 1. The summed E-state index contributed by atoms with van der Waals surface area (Å²) in [6.07, 6.45) is 1.12. The zero-order valence-corrected chi connectivity index (χ0v) is 18.4. The smallest absolute Gasteiger partial charge is 0.332 e. The number of carbonyl (C=O) groups excluding carboxylic acids is 1. The van der Waals surface area contributed by atoms with Crippen molar-refractivity contribution in [1.29, 1.82) is 0 Å². The first-order chi connectivity index (χ1) is 14.0. The van der Waals surface area contributed by atoms with E-state index < -0.39 is 11.6 Å². The lowest BCUT2D eigenvalue weighted by atomic mass is 9.69. The summed E-state index contributed by atoms with van der Waals surface area (Å²) in [5.41, 5.74) is 2.88. The van der Waals surface area contributed by atoms with Crippen molar-refractivity contribution >= 4 is 17.3 Å². The molecule has 0 spiro atoms. The number of nitrogens with one attached hydrogen (secondary N) is 1. The zero-order valence-electron chi connectivity index (χ0n) is 18.4. The van der Waals surface area contributed by atoms with Gasteiger partial charge in [0.2, 0.25) is 0 Å². The van der Waals surface area contributed by atoms with E-state index in [4.69, 9.17) is 0 Å². The van der Waals surface area contributed by atoms with Crippen molar-refractivity contribution in [3.63, 3.8) is 0 Å². The van der Waals surface area contributed by atoms with E-state index in [0.717, 1.165) is 21.5 Å². The van der Waals surface area contributed by atoms with Crippen LogP contribution in [0.25, 0.3) is 0 Å². The van der Waals surface area contributed by atoms with E-state index in [-0.39, 0.29) is 16.8 Å². The molecule has 7 nitrogen and oxygen atoms in total. The van der Waals surface area contributed by atoms with E-state index in [1.807, 2.05) is 43.3 Å². The Morgan fingerprint density at radius 1 is 1.00 bits per heavy atom. The number of aromatic nitrogens is 2. The van der Waals surface area contributed by atoms with Crippen LogP contribution in [0.5, 0.6) is 0 Å². The van der Waals surface area contributed by atoms with E-state index in [2.05, 4.69) is 19.2 Å². The Morgan fingerprint density at radius 2 is 1.63 bits per heavy atom. The number of allylic oxidation sites excluding steroid dienone is 2. The molecular formula is C23H28N4O3. The first kappa shape index (κ1) is 20.2. The molecule has 2 heterocycles. The van der Waals surface area contributed by atoms with Gasteiger partial charge in [0.1, 0.15) is 5.82 Å². The monoisotopic (exact) mass is 408 g/mol. The zero-order chi connectivity index (χ0) is 22.0. The van der Waals surface area contributed by atoms with Crippen LogP contribution in [0, 0.1) is 5.41 Å². The predicted molar refractivity (Wildman–Crippen MR) is 118 cm³/mol. The number of hydrogen-bond donors (Lipinski definition) is 1. The third kappa shape index (κ3) is 3.00. The SMILES string of the molecule is CN(C)c1ccc([C@@H]2C3=C(CC(C)(C)CC3=O)Nc3c2c(=O)n(C)c(=O)n3C)cc1. The minimum absolute atomic E-state index is 0.0528. The first-order valence-electron chi connectivity index (χ1n) is 10.1. The van der Waals surface area contributed by atoms with Crippen LogP contribution in [0.4, 0.5) is 11.5 Å². The van der Waals surface area contributed by atoms with Crippen LogP contribution < -0.4 is 21.5 Å².